The Morgan fingerprint density at radius 2 is 1.06 bits per heavy atom. The molecule has 2 aromatic rings. The van der Waals surface area contributed by atoms with Crippen molar-refractivity contribution in [2.24, 2.45) is 33.2 Å². The molecule has 50 heavy (non-hydrogen) atoms. The molecular formula is C44H56Cl2N2O2. The third-order valence-corrected chi connectivity index (χ3v) is 13.1. The topological polar surface area (TPSA) is 43.2 Å². The largest absolute Gasteiger partial charge is 0.478 e. The van der Waals surface area contributed by atoms with E-state index in [1.165, 1.54) is 0 Å². The number of fused-ring (bicyclic) bond motifs is 3. The standard InChI is InChI=1S/C44H56Cl2N2O2/c1-22-19-24-29(44(16)36(22)47-32-30(45)25(38(2,3)4)20-27(34(32)50-44)40(8,9)10)23-17-18-42(24,14)37-43(23,15)49-35-28(41(11,12)13)21-26(39(5,6)7)31(46)33(35)48-37/h17-21,23-24,29H,1-16H3. The summed E-state index contributed by atoms with van der Waals surface area (Å²) in [5, 5.41) is 1.36. The number of nitrogens with zero attached hydrogens (tertiary/aromatic N) is 2. The first kappa shape index (κ1) is 35.8. The Balaban J connectivity index is 1.47. The van der Waals surface area contributed by atoms with Crippen LogP contribution in [0.15, 0.2) is 45.9 Å². The molecule has 0 saturated heterocycles. The SMILES string of the molecule is CC1=CC2C(C3C=CC2(C)C2=Nc4c(Cl)c(C(C)(C)C)cc(C(C)(C)C)c4OC23C)C2(C)Oc3c(C(C)(C)C)cc(C(C)(C)C)c(Cl)c3N=C12. The van der Waals surface area contributed by atoms with Gasteiger partial charge in [0.15, 0.2) is 22.7 Å². The zero-order valence-electron chi connectivity index (χ0n) is 33.1. The van der Waals surface area contributed by atoms with Crippen LogP contribution in [0, 0.1) is 23.2 Å². The van der Waals surface area contributed by atoms with E-state index in [1.807, 2.05) is 0 Å². The second-order valence-electron chi connectivity index (χ2n) is 20.3. The van der Waals surface area contributed by atoms with E-state index in [9.17, 15) is 0 Å². The number of allylic oxidation sites excluding steroid dienone is 2. The lowest BCUT2D eigenvalue weighted by molar-refractivity contribution is -0.0601. The van der Waals surface area contributed by atoms with Gasteiger partial charge < -0.3 is 9.47 Å². The smallest absolute Gasteiger partial charge is 0.152 e. The molecule has 0 radical (unpaired) electrons. The van der Waals surface area contributed by atoms with Gasteiger partial charge >= 0.3 is 0 Å². The normalized spacial score (nSPS) is 31.2. The van der Waals surface area contributed by atoms with Crippen molar-refractivity contribution in [1.82, 2.24) is 0 Å². The molecule has 0 aromatic heterocycles. The van der Waals surface area contributed by atoms with Crippen LogP contribution in [0.5, 0.6) is 11.5 Å². The molecule has 6 unspecified atom stereocenters. The van der Waals surface area contributed by atoms with Gasteiger partial charge in [0.2, 0.25) is 0 Å². The van der Waals surface area contributed by atoms with Gasteiger partial charge in [0.25, 0.3) is 0 Å². The lowest BCUT2D eigenvalue weighted by atomic mass is 9.43. The molecule has 8 rings (SSSR count). The molecule has 2 aliphatic heterocycles. The van der Waals surface area contributed by atoms with Crippen LogP contribution in [0.4, 0.5) is 11.4 Å². The average molecular weight is 716 g/mol. The summed E-state index contributed by atoms with van der Waals surface area (Å²) in [4.78, 5) is 11.1. The molecule has 4 aliphatic carbocycles. The number of rotatable bonds is 0. The minimum atomic E-state index is -0.738. The summed E-state index contributed by atoms with van der Waals surface area (Å²) >= 11 is 14.6. The summed E-state index contributed by atoms with van der Waals surface area (Å²) in [6.07, 6.45) is 7.18. The second-order valence-corrected chi connectivity index (χ2v) is 21.1. The molecule has 2 aromatic carbocycles. The van der Waals surface area contributed by atoms with Gasteiger partial charge in [-0.2, -0.15) is 0 Å². The lowest BCUT2D eigenvalue weighted by Gasteiger charge is -2.64. The van der Waals surface area contributed by atoms with Gasteiger partial charge in [-0.3, -0.25) is 0 Å². The van der Waals surface area contributed by atoms with Crippen LogP contribution in [0.2, 0.25) is 10.0 Å². The zero-order chi connectivity index (χ0) is 37.1. The third-order valence-electron chi connectivity index (χ3n) is 12.3. The van der Waals surface area contributed by atoms with Crippen molar-refractivity contribution >= 4 is 46.0 Å². The van der Waals surface area contributed by atoms with Crippen LogP contribution in [0.1, 0.15) is 133 Å². The fourth-order valence-corrected chi connectivity index (χ4v) is 10.6. The summed E-state index contributed by atoms with van der Waals surface area (Å²) in [6, 6.07) is 4.52. The number of ether oxygens (including phenoxy) is 2. The number of aliphatic imine (C=N–C) groups is 2. The molecule has 0 amide bonds. The van der Waals surface area contributed by atoms with E-state index < -0.39 is 16.6 Å². The van der Waals surface area contributed by atoms with Gasteiger partial charge in [0.05, 0.1) is 21.5 Å². The molecule has 2 bridgehead atoms. The van der Waals surface area contributed by atoms with Crippen molar-refractivity contribution < 1.29 is 9.47 Å². The number of benzene rings is 2. The van der Waals surface area contributed by atoms with Crippen LogP contribution in [-0.4, -0.2) is 22.6 Å². The molecule has 6 atom stereocenters. The summed E-state index contributed by atoms with van der Waals surface area (Å²) in [5.74, 6) is 1.69. The van der Waals surface area contributed by atoms with Crippen molar-refractivity contribution in [2.75, 3.05) is 0 Å². The molecule has 2 heterocycles. The van der Waals surface area contributed by atoms with Crippen LogP contribution in [0.3, 0.4) is 0 Å². The molecule has 4 nitrogen and oxygen atoms in total. The third kappa shape index (κ3) is 4.75. The minimum absolute atomic E-state index is 0.0230. The molecular weight excluding hydrogens is 659 g/mol. The summed E-state index contributed by atoms with van der Waals surface area (Å²) in [5.41, 5.74) is 6.51. The number of hydrogen-bond acceptors (Lipinski definition) is 4. The van der Waals surface area contributed by atoms with Gasteiger partial charge in [-0.05, 0) is 77.2 Å². The predicted octanol–water partition coefficient (Wildman–Crippen LogP) is 12.7. The van der Waals surface area contributed by atoms with Crippen LogP contribution >= 0.6 is 23.2 Å². The van der Waals surface area contributed by atoms with E-state index >= 15 is 0 Å². The molecule has 6 aliphatic rings. The van der Waals surface area contributed by atoms with Crippen LogP contribution in [-0.2, 0) is 21.7 Å². The molecule has 1 saturated carbocycles. The van der Waals surface area contributed by atoms with E-state index in [0.717, 1.165) is 62.1 Å². The Hall–Kier alpha value is -2.56. The molecule has 1 fully saturated rings. The fraction of sp³-hybridized carbons (Fsp3) is 0.591. The monoisotopic (exact) mass is 714 g/mol. The Morgan fingerprint density at radius 1 is 0.620 bits per heavy atom. The zero-order valence-corrected chi connectivity index (χ0v) is 34.6. The van der Waals surface area contributed by atoms with Gasteiger partial charge in [-0.1, -0.05) is 131 Å². The van der Waals surface area contributed by atoms with Gasteiger partial charge in [0, 0.05) is 28.4 Å². The van der Waals surface area contributed by atoms with Gasteiger partial charge in [-0.25, -0.2) is 9.98 Å². The first-order valence-electron chi connectivity index (χ1n) is 18.4. The van der Waals surface area contributed by atoms with Gasteiger partial charge in [0.1, 0.15) is 11.4 Å². The Kier molecular flexibility index (Phi) is 7.39. The summed E-state index contributed by atoms with van der Waals surface area (Å²) in [7, 11) is 0. The maximum atomic E-state index is 7.51. The molecule has 268 valence electrons. The molecule has 0 N–H and O–H groups in total. The Morgan fingerprint density at radius 3 is 1.52 bits per heavy atom. The fourth-order valence-electron chi connectivity index (χ4n) is 9.63. The quantitative estimate of drug-likeness (QED) is 0.255. The highest BCUT2D eigenvalue weighted by Gasteiger charge is 2.70. The minimum Gasteiger partial charge on any atom is -0.478 e. The first-order valence-corrected chi connectivity index (χ1v) is 19.1. The highest BCUT2D eigenvalue weighted by molar-refractivity contribution is 6.35. The van der Waals surface area contributed by atoms with E-state index in [1.54, 1.807) is 0 Å². The maximum absolute atomic E-state index is 7.51. The van der Waals surface area contributed by atoms with Crippen molar-refractivity contribution in [3.05, 3.63) is 68.2 Å². The van der Waals surface area contributed by atoms with E-state index in [-0.39, 0.29) is 39.4 Å². The molecule has 0 spiro atoms. The summed E-state index contributed by atoms with van der Waals surface area (Å²) in [6.45, 7) is 35.7. The highest BCUT2D eigenvalue weighted by Crippen LogP contribution is 2.66. The second kappa shape index (κ2) is 10.3. The number of halogens is 2. The highest BCUT2D eigenvalue weighted by atomic mass is 35.5. The molecule has 6 heteroatoms. The van der Waals surface area contributed by atoms with Crippen molar-refractivity contribution in [1.29, 1.82) is 0 Å². The van der Waals surface area contributed by atoms with Crippen molar-refractivity contribution in [3.8, 4) is 11.5 Å². The average Bonchev–Trinajstić information content (AvgIpc) is 2.94. The van der Waals surface area contributed by atoms with Gasteiger partial charge in [-0.15, -0.1) is 0 Å². The van der Waals surface area contributed by atoms with E-state index in [0.29, 0.717) is 10.0 Å². The van der Waals surface area contributed by atoms with Crippen molar-refractivity contribution in [3.63, 3.8) is 0 Å². The van der Waals surface area contributed by atoms with Crippen molar-refractivity contribution in [2.45, 2.75) is 144 Å². The summed E-state index contributed by atoms with van der Waals surface area (Å²) < 4.78 is 15.0. The Labute approximate surface area is 310 Å². The van der Waals surface area contributed by atoms with E-state index in [4.69, 9.17) is 42.7 Å². The van der Waals surface area contributed by atoms with Crippen LogP contribution in [0.25, 0.3) is 0 Å². The van der Waals surface area contributed by atoms with Crippen LogP contribution < -0.4 is 9.47 Å². The number of hydrogen-bond donors (Lipinski definition) is 0. The first-order chi connectivity index (χ1) is 22.7. The lowest BCUT2D eigenvalue weighted by Crippen LogP contribution is -2.73. The predicted molar refractivity (Wildman–Crippen MR) is 211 cm³/mol. The van der Waals surface area contributed by atoms with E-state index in [2.05, 4.69) is 141 Å². The maximum Gasteiger partial charge on any atom is 0.152 e. The Bertz CT molecular complexity index is 1990.